The number of carbonyl (C=O) groups is 2. The monoisotopic (exact) mass is 372 g/mol. The van der Waals surface area contributed by atoms with Crippen molar-refractivity contribution >= 4 is 11.9 Å². The van der Waals surface area contributed by atoms with E-state index in [1.165, 1.54) is 0 Å². The molecule has 0 saturated carbocycles. The van der Waals surface area contributed by atoms with Crippen LogP contribution in [-0.2, 0) is 19.1 Å². The van der Waals surface area contributed by atoms with E-state index < -0.39 is 5.97 Å². The number of hydrogen-bond acceptors (Lipinski definition) is 8. The molecule has 2 aromatic rings. The Labute approximate surface area is 154 Å². The number of nitrogens with one attached hydrogen (secondary N) is 1. The third-order valence-corrected chi connectivity index (χ3v) is 4.77. The number of benzene rings is 1. The number of ether oxygens (including phenoxy) is 2. The van der Waals surface area contributed by atoms with Crippen molar-refractivity contribution in [1.82, 2.24) is 25.5 Å². The topological polar surface area (TPSA) is 131 Å². The highest BCUT2D eigenvalue weighted by Crippen LogP contribution is 2.35. The zero-order chi connectivity index (χ0) is 18.8. The molecule has 2 saturated heterocycles. The van der Waals surface area contributed by atoms with Crippen molar-refractivity contribution in [2.24, 2.45) is 0 Å². The van der Waals surface area contributed by atoms with E-state index in [4.69, 9.17) is 9.47 Å². The van der Waals surface area contributed by atoms with Crippen molar-refractivity contribution in [3.8, 4) is 11.4 Å². The molecule has 10 heteroatoms. The van der Waals surface area contributed by atoms with Crippen LogP contribution in [0.1, 0.15) is 18.9 Å². The van der Waals surface area contributed by atoms with Gasteiger partial charge in [0, 0.05) is 18.0 Å². The number of aromatic nitrogens is 4. The fraction of sp³-hybridized carbons (Fsp3) is 0.471. The molecule has 0 radical (unpaired) electrons. The minimum atomic E-state index is -1.25. The fourth-order valence-electron chi connectivity index (χ4n) is 3.50. The molecule has 1 aromatic carbocycles. The first kappa shape index (κ1) is 17.6. The number of tetrazole rings is 1. The minimum absolute atomic E-state index is 0.134. The van der Waals surface area contributed by atoms with Crippen LogP contribution in [0.15, 0.2) is 30.3 Å². The first-order valence-corrected chi connectivity index (χ1v) is 8.69. The number of rotatable bonds is 6. The lowest BCUT2D eigenvalue weighted by Gasteiger charge is -2.18. The summed E-state index contributed by atoms with van der Waals surface area (Å²) in [6.07, 6.45) is -1.09. The molecule has 0 bridgehead atoms. The molecule has 4 atom stereocenters. The van der Waals surface area contributed by atoms with E-state index in [0.717, 1.165) is 5.56 Å². The number of amides is 1. The van der Waals surface area contributed by atoms with Gasteiger partial charge in [-0.3, -0.25) is 4.79 Å². The molecule has 1 N–H and O–H groups in total. The highest BCUT2D eigenvalue weighted by Gasteiger charge is 2.50. The zero-order valence-electron chi connectivity index (χ0n) is 14.4. The maximum Gasteiger partial charge on any atom is 0.220 e. The first-order valence-electron chi connectivity index (χ1n) is 8.69. The van der Waals surface area contributed by atoms with Gasteiger partial charge in [0.05, 0.1) is 19.3 Å². The van der Waals surface area contributed by atoms with Gasteiger partial charge in [-0.15, -0.1) is 5.10 Å². The van der Waals surface area contributed by atoms with Crippen LogP contribution in [-0.4, -0.2) is 63.5 Å². The van der Waals surface area contributed by atoms with Crippen LogP contribution in [0, 0.1) is 0 Å². The maximum absolute atomic E-state index is 11.9. The summed E-state index contributed by atoms with van der Waals surface area (Å²) in [7, 11) is 0. The molecule has 27 heavy (non-hydrogen) atoms. The third kappa shape index (κ3) is 3.53. The SMILES string of the molecule is O=C([O-])CCC(=O)N[C@H]1CO[C@H]2[C@@H]1OC[C@@H]2n1nnnc1-c1ccccc1. The average Bonchev–Trinajstić information content (AvgIpc) is 3.38. The summed E-state index contributed by atoms with van der Waals surface area (Å²) in [5.74, 6) is -1.00. The molecule has 0 unspecified atom stereocenters. The largest absolute Gasteiger partial charge is 0.550 e. The maximum atomic E-state index is 11.9. The highest BCUT2D eigenvalue weighted by molar-refractivity contribution is 5.80. The molecule has 2 aliphatic heterocycles. The van der Waals surface area contributed by atoms with E-state index in [1.54, 1.807) is 4.68 Å². The first-order chi connectivity index (χ1) is 13.1. The van der Waals surface area contributed by atoms with Gasteiger partial charge in [-0.25, -0.2) is 4.68 Å². The molecule has 2 aliphatic rings. The van der Waals surface area contributed by atoms with E-state index in [9.17, 15) is 14.7 Å². The van der Waals surface area contributed by atoms with Crippen LogP contribution in [0.3, 0.4) is 0 Å². The van der Waals surface area contributed by atoms with Crippen LogP contribution in [0.5, 0.6) is 0 Å². The second-order valence-electron chi connectivity index (χ2n) is 6.52. The molecule has 1 aromatic heterocycles. The normalized spacial score (nSPS) is 26.7. The number of carboxylic acids is 1. The Morgan fingerprint density at radius 1 is 1.15 bits per heavy atom. The Bertz CT molecular complexity index is 826. The summed E-state index contributed by atoms with van der Waals surface area (Å²) in [6.45, 7) is 0.636. The lowest BCUT2D eigenvalue weighted by Crippen LogP contribution is -2.44. The number of fused-ring (bicyclic) bond motifs is 1. The van der Waals surface area contributed by atoms with Gasteiger partial charge in [-0.1, -0.05) is 30.3 Å². The predicted octanol–water partition coefficient (Wildman–Crippen LogP) is -1.31. The van der Waals surface area contributed by atoms with Gasteiger partial charge in [-0.05, 0) is 16.8 Å². The van der Waals surface area contributed by atoms with Crippen molar-refractivity contribution < 1.29 is 24.2 Å². The molecule has 142 valence electrons. The smallest absolute Gasteiger partial charge is 0.220 e. The Hall–Kier alpha value is -2.85. The quantitative estimate of drug-likeness (QED) is 0.661. The molecule has 1 amide bonds. The summed E-state index contributed by atoms with van der Waals surface area (Å²) in [6, 6.07) is 9.02. The van der Waals surface area contributed by atoms with Crippen LogP contribution in [0.4, 0.5) is 0 Å². The van der Waals surface area contributed by atoms with Crippen LogP contribution in [0.25, 0.3) is 11.4 Å². The molecular formula is C17H18N5O5-. The van der Waals surface area contributed by atoms with E-state index in [-0.39, 0.29) is 49.6 Å². The number of aliphatic carboxylic acids is 1. The number of nitrogens with zero attached hydrogens (tertiary/aromatic N) is 4. The van der Waals surface area contributed by atoms with Gasteiger partial charge in [0.2, 0.25) is 5.91 Å². The summed E-state index contributed by atoms with van der Waals surface area (Å²) >= 11 is 0. The summed E-state index contributed by atoms with van der Waals surface area (Å²) < 4.78 is 13.4. The van der Waals surface area contributed by atoms with Crippen molar-refractivity contribution in [3.05, 3.63) is 30.3 Å². The van der Waals surface area contributed by atoms with Gasteiger partial charge in [0.1, 0.15) is 18.2 Å². The lowest BCUT2D eigenvalue weighted by atomic mass is 10.1. The second-order valence-corrected chi connectivity index (χ2v) is 6.52. The van der Waals surface area contributed by atoms with Gasteiger partial charge in [-0.2, -0.15) is 0 Å². The Balaban J connectivity index is 1.45. The number of carboxylic acid groups (broad SMARTS) is 1. The molecule has 4 rings (SSSR count). The average molecular weight is 372 g/mol. The van der Waals surface area contributed by atoms with E-state index in [1.807, 2.05) is 30.3 Å². The number of carbonyl (C=O) groups excluding carboxylic acids is 2. The number of hydrogen-bond donors (Lipinski definition) is 1. The van der Waals surface area contributed by atoms with Crippen LogP contribution in [0.2, 0.25) is 0 Å². The Kier molecular flexibility index (Phi) is 4.82. The van der Waals surface area contributed by atoms with Crippen molar-refractivity contribution in [2.75, 3.05) is 13.2 Å². The molecular weight excluding hydrogens is 354 g/mol. The van der Waals surface area contributed by atoms with Gasteiger partial charge >= 0.3 is 0 Å². The van der Waals surface area contributed by atoms with E-state index in [0.29, 0.717) is 12.4 Å². The Morgan fingerprint density at radius 2 is 1.93 bits per heavy atom. The van der Waals surface area contributed by atoms with Crippen molar-refractivity contribution in [1.29, 1.82) is 0 Å². The highest BCUT2D eigenvalue weighted by atomic mass is 16.6. The predicted molar refractivity (Wildman–Crippen MR) is 87.9 cm³/mol. The van der Waals surface area contributed by atoms with Crippen LogP contribution >= 0.6 is 0 Å². The second kappa shape index (κ2) is 7.41. The third-order valence-electron chi connectivity index (χ3n) is 4.77. The molecule has 0 spiro atoms. The van der Waals surface area contributed by atoms with Gasteiger partial charge in [0.15, 0.2) is 5.82 Å². The van der Waals surface area contributed by atoms with E-state index >= 15 is 0 Å². The zero-order valence-corrected chi connectivity index (χ0v) is 14.4. The van der Waals surface area contributed by atoms with Gasteiger partial charge < -0.3 is 24.7 Å². The lowest BCUT2D eigenvalue weighted by molar-refractivity contribution is -0.305. The minimum Gasteiger partial charge on any atom is -0.550 e. The molecule has 0 aliphatic carbocycles. The van der Waals surface area contributed by atoms with Gasteiger partial charge in [0.25, 0.3) is 0 Å². The van der Waals surface area contributed by atoms with Crippen molar-refractivity contribution in [2.45, 2.75) is 37.1 Å². The van der Waals surface area contributed by atoms with E-state index in [2.05, 4.69) is 20.8 Å². The molecule has 2 fully saturated rings. The summed E-state index contributed by atoms with van der Waals surface area (Å²) in [5, 5.41) is 25.3. The summed E-state index contributed by atoms with van der Waals surface area (Å²) in [4.78, 5) is 22.4. The van der Waals surface area contributed by atoms with Crippen LogP contribution < -0.4 is 10.4 Å². The Morgan fingerprint density at radius 3 is 2.70 bits per heavy atom. The molecule has 10 nitrogen and oxygen atoms in total. The standard InChI is InChI=1S/C17H19N5O5/c23-13(6-7-14(24)25)18-11-8-26-16-12(9-27-15(11)16)22-17(19-20-21-22)10-4-2-1-3-5-10/h1-5,11-12,15-16H,6-9H2,(H,18,23)(H,24,25)/p-1/t11-,12-,15+,16+/m0/s1. The summed E-state index contributed by atoms with van der Waals surface area (Å²) in [5.41, 5.74) is 0.885. The van der Waals surface area contributed by atoms with Crippen molar-refractivity contribution in [3.63, 3.8) is 0 Å². The molecule has 3 heterocycles. The fourth-order valence-corrected chi connectivity index (χ4v) is 3.50.